The summed E-state index contributed by atoms with van der Waals surface area (Å²) in [4.78, 5) is 19.8. The first kappa shape index (κ1) is 22.2. The van der Waals surface area contributed by atoms with Crippen LogP contribution in [0.1, 0.15) is 16.1 Å². The molecule has 5 N–H and O–H groups in total. The van der Waals surface area contributed by atoms with E-state index in [-0.39, 0.29) is 5.91 Å². The maximum absolute atomic E-state index is 13.0. The van der Waals surface area contributed by atoms with Gasteiger partial charge >= 0.3 is 0 Å². The van der Waals surface area contributed by atoms with Gasteiger partial charge in [0, 0.05) is 43.7 Å². The molecule has 0 saturated carbocycles. The zero-order valence-electron chi connectivity index (χ0n) is 18.9. The van der Waals surface area contributed by atoms with E-state index in [9.17, 15) is 4.79 Å². The van der Waals surface area contributed by atoms with Crippen molar-refractivity contribution in [1.29, 1.82) is 0 Å². The molecule has 1 saturated heterocycles. The van der Waals surface area contributed by atoms with Gasteiger partial charge in [-0.05, 0) is 29.8 Å². The molecule has 0 unspecified atom stereocenters. The number of benzene rings is 2. The maximum Gasteiger partial charge on any atom is 0.275 e. The van der Waals surface area contributed by atoms with Crippen LogP contribution in [0.15, 0.2) is 59.7 Å². The molecular weight excluding hydrogens is 450 g/mol. The molecule has 0 spiro atoms. The van der Waals surface area contributed by atoms with E-state index < -0.39 is 0 Å². The second kappa shape index (κ2) is 9.72. The van der Waals surface area contributed by atoms with E-state index >= 15 is 0 Å². The lowest BCUT2D eigenvalue weighted by molar-refractivity contribution is 0.102. The molecule has 2 aliphatic rings. The number of hydrazine groups is 1. The van der Waals surface area contributed by atoms with Crippen molar-refractivity contribution in [3.63, 3.8) is 0 Å². The SMILES string of the molecule is COc1ccc(C2=C(N)N(c3nc(C(=O)Nc4ccccc4N4CCNCC4)cs3)NC2)cc1. The predicted molar refractivity (Wildman–Crippen MR) is 136 cm³/mol. The molecule has 1 aromatic heterocycles. The topological polar surface area (TPSA) is 108 Å². The number of amides is 1. The fraction of sp³-hybridized carbons (Fsp3) is 0.250. The number of nitrogens with zero attached hydrogens (tertiary/aromatic N) is 3. The number of rotatable bonds is 6. The number of para-hydroxylation sites is 2. The fourth-order valence-electron chi connectivity index (χ4n) is 4.10. The van der Waals surface area contributed by atoms with Gasteiger partial charge in [0.25, 0.3) is 5.91 Å². The Morgan fingerprint density at radius 3 is 2.68 bits per heavy atom. The molecule has 3 aromatic rings. The van der Waals surface area contributed by atoms with Gasteiger partial charge in [0.15, 0.2) is 0 Å². The summed E-state index contributed by atoms with van der Waals surface area (Å²) in [6.07, 6.45) is 0. The lowest BCUT2D eigenvalue weighted by atomic mass is 10.1. The number of carbonyl (C=O) groups is 1. The van der Waals surface area contributed by atoms with Gasteiger partial charge in [0.1, 0.15) is 17.3 Å². The number of thiazole rings is 1. The summed E-state index contributed by atoms with van der Waals surface area (Å²) < 4.78 is 5.23. The van der Waals surface area contributed by atoms with Gasteiger partial charge in [-0.2, -0.15) is 0 Å². The molecule has 34 heavy (non-hydrogen) atoms. The summed E-state index contributed by atoms with van der Waals surface area (Å²) in [6.45, 7) is 4.21. The summed E-state index contributed by atoms with van der Waals surface area (Å²) in [7, 11) is 1.64. The van der Waals surface area contributed by atoms with Gasteiger partial charge in [0.05, 0.1) is 18.5 Å². The number of ether oxygens (including phenoxy) is 1. The lowest BCUT2D eigenvalue weighted by Crippen LogP contribution is -2.43. The summed E-state index contributed by atoms with van der Waals surface area (Å²) in [5.74, 6) is 1.11. The minimum Gasteiger partial charge on any atom is -0.497 e. The summed E-state index contributed by atoms with van der Waals surface area (Å²) in [5.41, 5.74) is 13.8. The van der Waals surface area contributed by atoms with Crippen LogP contribution in [0.5, 0.6) is 5.75 Å². The minimum absolute atomic E-state index is 0.248. The first-order chi connectivity index (χ1) is 16.6. The largest absolute Gasteiger partial charge is 0.497 e. The van der Waals surface area contributed by atoms with Crippen molar-refractivity contribution in [2.45, 2.75) is 0 Å². The molecule has 0 atom stereocenters. The van der Waals surface area contributed by atoms with Crippen molar-refractivity contribution >= 4 is 39.3 Å². The highest BCUT2D eigenvalue weighted by molar-refractivity contribution is 7.14. The third kappa shape index (κ3) is 4.43. The van der Waals surface area contributed by atoms with Crippen molar-refractivity contribution in [3.8, 4) is 5.75 Å². The van der Waals surface area contributed by atoms with Crippen LogP contribution in [-0.4, -0.2) is 50.7 Å². The molecule has 2 aliphatic heterocycles. The first-order valence-electron chi connectivity index (χ1n) is 11.1. The molecule has 0 bridgehead atoms. The number of piperazine rings is 1. The normalized spacial score (nSPS) is 16.1. The average Bonchev–Trinajstić information content (AvgIpc) is 3.52. The molecular formula is C24H27N7O2S. The van der Waals surface area contributed by atoms with Gasteiger partial charge < -0.3 is 26.0 Å². The number of nitrogens with one attached hydrogen (secondary N) is 3. The second-order valence-corrected chi connectivity index (χ2v) is 8.82. The van der Waals surface area contributed by atoms with Crippen molar-refractivity contribution in [2.75, 3.05) is 55.1 Å². The molecule has 9 nitrogen and oxygen atoms in total. The third-order valence-electron chi connectivity index (χ3n) is 5.93. The summed E-state index contributed by atoms with van der Waals surface area (Å²) >= 11 is 1.36. The molecule has 176 valence electrons. The number of aromatic nitrogens is 1. The Bertz CT molecular complexity index is 1200. The summed E-state index contributed by atoms with van der Waals surface area (Å²) in [5, 5.41) is 10.5. The average molecular weight is 478 g/mol. The van der Waals surface area contributed by atoms with E-state index in [2.05, 4.69) is 25.9 Å². The lowest BCUT2D eigenvalue weighted by Gasteiger charge is -2.31. The molecule has 10 heteroatoms. The number of nitrogens with two attached hydrogens (primary N) is 1. The van der Waals surface area contributed by atoms with Crippen LogP contribution in [0.25, 0.3) is 5.57 Å². The quantitative estimate of drug-likeness (QED) is 0.429. The molecule has 0 radical (unpaired) electrons. The van der Waals surface area contributed by atoms with Crippen LogP contribution >= 0.6 is 11.3 Å². The van der Waals surface area contributed by atoms with E-state index in [1.54, 1.807) is 17.5 Å². The van der Waals surface area contributed by atoms with Crippen molar-refractivity contribution in [1.82, 2.24) is 15.7 Å². The standard InChI is InChI=1S/C24H27N7O2S/c1-33-17-8-6-16(7-9-17)18-14-27-31(22(18)25)24-29-20(15-34-24)23(32)28-19-4-2-3-5-21(19)30-12-10-26-11-13-30/h2-9,15,26-27H,10-14,25H2,1H3,(H,28,32). The highest BCUT2D eigenvalue weighted by Gasteiger charge is 2.26. The van der Waals surface area contributed by atoms with E-state index in [1.165, 1.54) is 11.3 Å². The van der Waals surface area contributed by atoms with Gasteiger partial charge in [-0.15, -0.1) is 11.3 Å². The number of hydrogen-bond donors (Lipinski definition) is 4. The Hall–Kier alpha value is -3.60. The number of anilines is 3. The molecule has 3 heterocycles. The molecule has 2 aromatic carbocycles. The highest BCUT2D eigenvalue weighted by Crippen LogP contribution is 2.31. The summed E-state index contributed by atoms with van der Waals surface area (Å²) in [6, 6.07) is 15.6. The van der Waals surface area contributed by atoms with E-state index in [4.69, 9.17) is 10.5 Å². The fourth-order valence-corrected chi connectivity index (χ4v) is 4.90. The van der Waals surface area contributed by atoms with Gasteiger partial charge in [-0.25, -0.2) is 15.4 Å². The number of hydrogen-bond acceptors (Lipinski definition) is 9. The highest BCUT2D eigenvalue weighted by atomic mass is 32.1. The van der Waals surface area contributed by atoms with Crippen molar-refractivity contribution in [3.05, 3.63) is 71.0 Å². The minimum atomic E-state index is -0.248. The van der Waals surface area contributed by atoms with E-state index in [0.717, 1.165) is 54.4 Å². The Morgan fingerprint density at radius 2 is 1.91 bits per heavy atom. The Kier molecular flexibility index (Phi) is 6.35. The van der Waals surface area contributed by atoms with Crippen molar-refractivity contribution in [2.24, 2.45) is 5.73 Å². The molecule has 1 amide bonds. The molecule has 5 rings (SSSR count). The van der Waals surface area contributed by atoms with E-state index in [0.29, 0.717) is 23.2 Å². The van der Waals surface area contributed by atoms with Crippen LogP contribution in [0.3, 0.4) is 0 Å². The number of methoxy groups -OCH3 is 1. The monoisotopic (exact) mass is 477 g/mol. The van der Waals surface area contributed by atoms with Crippen LogP contribution in [0.4, 0.5) is 16.5 Å². The third-order valence-corrected chi connectivity index (χ3v) is 6.75. The van der Waals surface area contributed by atoms with Gasteiger partial charge in [0.2, 0.25) is 5.13 Å². The smallest absolute Gasteiger partial charge is 0.275 e. The number of carbonyl (C=O) groups excluding carboxylic acids is 1. The van der Waals surface area contributed by atoms with Crippen LogP contribution < -0.4 is 36.4 Å². The molecule has 1 fully saturated rings. The zero-order valence-corrected chi connectivity index (χ0v) is 19.7. The van der Waals surface area contributed by atoms with Gasteiger partial charge in [-0.1, -0.05) is 24.3 Å². The van der Waals surface area contributed by atoms with Crippen LogP contribution in [0, 0.1) is 0 Å². The zero-order chi connectivity index (χ0) is 23.5. The van der Waals surface area contributed by atoms with Crippen LogP contribution in [0.2, 0.25) is 0 Å². The van der Waals surface area contributed by atoms with Gasteiger partial charge in [-0.3, -0.25) is 4.79 Å². The second-order valence-electron chi connectivity index (χ2n) is 7.99. The van der Waals surface area contributed by atoms with Crippen LogP contribution in [-0.2, 0) is 0 Å². The Balaban J connectivity index is 1.31. The molecule has 0 aliphatic carbocycles. The first-order valence-corrected chi connectivity index (χ1v) is 12.0. The Morgan fingerprint density at radius 1 is 1.15 bits per heavy atom. The van der Waals surface area contributed by atoms with Crippen molar-refractivity contribution < 1.29 is 9.53 Å². The maximum atomic E-state index is 13.0. The Labute approximate surface area is 202 Å². The predicted octanol–water partition coefficient (Wildman–Crippen LogP) is 2.47. The van der Waals surface area contributed by atoms with E-state index in [1.807, 2.05) is 48.5 Å².